The second kappa shape index (κ2) is 3.82. The Morgan fingerprint density at radius 1 is 1.67 bits per heavy atom. The van der Waals surface area contributed by atoms with Crippen molar-refractivity contribution < 1.29 is 4.74 Å². The predicted molar refractivity (Wildman–Crippen MR) is 46.4 cm³/mol. The van der Waals surface area contributed by atoms with Crippen LogP contribution in [0.15, 0.2) is 6.33 Å². The van der Waals surface area contributed by atoms with Crippen LogP contribution < -0.4 is 10.1 Å². The molecule has 1 aromatic rings. The second-order valence-electron chi connectivity index (χ2n) is 2.79. The van der Waals surface area contributed by atoms with Gasteiger partial charge in [0.1, 0.15) is 12.4 Å². The predicted octanol–water partition coefficient (Wildman–Crippen LogP) is 0.669. The molecule has 1 aromatic heterocycles. The van der Waals surface area contributed by atoms with Crippen molar-refractivity contribution in [3.8, 4) is 5.19 Å². The summed E-state index contributed by atoms with van der Waals surface area (Å²) in [5, 5.41) is 3.96. The molecule has 0 amide bonds. The molecule has 12 heavy (non-hydrogen) atoms. The molecular weight excluding hydrogens is 174 g/mol. The number of rotatable bonds is 2. The van der Waals surface area contributed by atoms with E-state index in [4.69, 9.17) is 4.74 Å². The van der Waals surface area contributed by atoms with E-state index >= 15 is 0 Å². The first kappa shape index (κ1) is 7.94. The van der Waals surface area contributed by atoms with Crippen molar-refractivity contribution in [1.82, 2.24) is 14.7 Å². The Morgan fingerprint density at radius 2 is 2.67 bits per heavy atom. The van der Waals surface area contributed by atoms with Crippen LogP contribution >= 0.6 is 11.5 Å². The Kier molecular flexibility index (Phi) is 2.53. The van der Waals surface area contributed by atoms with Crippen LogP contribution in [0.1, 0.15) is 12.8 Å². The van der Waals surface area contributed by atoms with Gasteiger partial charge in [-0.25, -0.2) is 0 Å². The van der Waals surface area contributed by atoms with Crippen LogP contribution in [0.25, 0.3) is 0 Å². The maximum absolute atomic E-state index is 5.58. The van der Waals surface area contributed by atoms with Gasteiger partial charge in [-0.2, -0.15) is 9.36 Å². The van der Waals surface area contributed by atoms with Gasteiger partial charge in [0.2, 0.25) is 0 Å². The van der Waals surface area contributed by atoms with E-state index in [1.54, 1.807) is 0 Å². The van der Waals surface area contributed by atoms with Crippen molar-refractivity contribution in [2.24, 2.45) is 0 Å². The maximum Gasteiger partial charge on any atom is 0.293 e. The Morgan fingerprint density at radius 3 is 3.33 bits per heavy atom. The summed E-state index contributed by atoms with van der Waals surface area (Å²) in [6, 6.07) is 0. The minimum Gasteiger partial charge on any atom is -0.464 e. The van der Waals surface area contributed by atoms with Crippen molar-refractivity contribution in [3.05, 3.63) is 6.33 Å². The van der Waals surface area contributed by atoms with Crippen molar-refractivity contribution in [3.63, 3.8) is 0 Å². The van der Waals surface area contributed by atoms with Crippen LogP contribution in [0.2, 0.25) is 0 Å². The third kappa shape index (κ3) is 1.92. The summed E-state index contributed by atoms with van der Waals surface area (Å²) in [5.41, 5.74) is 0. The molecule has 0 spiro atoms. The van der Waals surface area contributed by atoms with Crippen molar-refractivity contribution in [2.45, 2.75) is 18.9 Å². The van der Waals surface area contributed by atoms with E-state index in [1.807, 2.05) is 0 Å². The molecule has 0 aromatic carbocycles. The van der Waals surface area contributed by atoms with E-state index in [1.165, 1.54) is 24.3 Å². The molecule has 2 rings (SSSR count). The molecule has 1 atom stereocenters. The highest BCUT2D eigenvalue weighted by molar-refractivity contribution is 7.07. The fraction of sp³-hybridized carbons (Fsp3) is 0.714. The van der Waals surface area contributed by atoms with Gasteiger partial charge in [-0.15, -0.1) is 0 Å². The molecule has 5 heteroatoms. The van der Waals surface area contributed by atoms with E-state index in [0.717, 1.165) is 19.5 Å². The van der Waals surface area contributed by atoms with Crippen molar-refractivity contribution in [2.75, 3.05) is 13.1 Å². The van der Waals surface area contributed by atoms with Gasteiger partial charge >= 0.3 is 0 Å². The third-order valence-corrected chi connectivity index (χ3v) is 2.42. The molecule has 2 heterocycles. The summed E-state index contributed by atoms with van der Waals surface area (Å²) in [5.74, 6) is 0. The first-order chi connectivity index (χ1) is 5.95. The average Bonchev–Trinajstić information content (AvgIpc) is 2.59. The Bertz CT molecular complexity index is 221. The lowest BCUT2D eigenvalue weighted by atomic mass is 10.1. The Hall–Kier alpha value is -0.680. The fourth-order valence-corrected chi connectivity index (χ4v) is 1.74. The van der Waals surface area contributed by atoms with E-state index < -0.39 is 0 Å². The molecular formula is C7H11N3OS. The van der Waals surface area contributed by atoms with Crippen LogP contribution in [0.4, 0.5) is 0 Å². The second-order valence-corrected chi connectivity index (χ2v) is 3.54. The molecule has 0 saturated carbocycles. The smallest absolute Gasteiger partial charge is 0.293 e. The van der Waals surface area contributed by atoms with E-state index in [-0.39, 0.29) is 6.10 Å². The Labute approximate surface area is 75.1 Å². The zero-order valence-electron chi connectivity index (χ0n) is 6.69. The van der Waals surface area contributed by atoms with Crippen molar-refractivity contribution in [1.29, 1.82) is 0 Å². The number of hydrogen-bond donors (Lipinski definition) is 1. The zero-order chi connectivity index (χ0) is 8.23. The van der Waals surface area contributed by atoms with Crippen LogP contribution in [0, 0.1) is 0 Å². The molecule has 1 N–H and O–H groups in total. The number of nitrogens with zero attached hydrogens (tertiary/aromatic N) is 2. The molecule has 0 radical (unpaired) electrons. The lowest BCUT2D eigenvalue weighted by Crippen LogP contribution is -2.37. The quantitative estimate of drug-likeness (QED) is 0.735. The highest BCUT2D eigenvalue weighted by Gasteiger charge is 2.15. The normalized spacial score (nSPS) is 23.8. The van der Waals surface area contributed by atoms with Gasteiger partial charge in [-0.3, -0.25) is 0 Å². The number of nitrogens with one attached hydrogen (secondary N) is 1. The van der Waals surface area contributed by atoms with Crippen molar-refractivity contribution >= 4 is 11.5 Å². The van der Waals surface area contributed by atoms with Crippen LogP contribution in [0.3, 0.4) is 0 Å². The molecule has 0 unspecified atom stereocenters. The van der Waals surface area contributed by atoms with Gasteiger partial charge < -0.3 is 10.1 Å². The van der Waals surface area contributed by atoms with Crippen LogP contribution in [-0.4, -0.2) is 28.6 Å². The van der Waals surface area contributed by atoms with Gasteiger partial charge in [-0.1, -0.05) is 0 Å². The highest BCUT2D eigenvalue weighted by Crippen LogP contribution is 2.15. The summed E-state index contributed by atoms with van der Waals surface area (Å²) in [6.45, 7) is 2.04. The summed E-state index contributed by atoms with van der Waals surface area (Å²) in [4.78, 5) is 3.97. The molecule has 1 aliphatic rings. The van der Waals surface area contributed by atoms with Gasteiger partial charge in [-0.05, 0) is 19.4 Å². The zero-order valence-corrected chi connectivity index (χ0v) is 7.51. The average molecular weight is 185 g/mol. The standard InChI is InChI=1S/C7H11N3OS/c1-2-6(4-8-3-1)11-7-9-5-10-12-7/h5-6,8H,1-4H2/t6-/m0/s1. The number of piperidine rings is 1. The summed E-state index contributed by atoms with van der Waals surface area (Å²) in [6.07, 6.45) is 4.11. The summed E-state index contributed by atoms with van der Waals surface area (Å²) >= 11 is 1.31. The number of ether oxygens (including phenoxy) is 1. The van der Waals surface area contributed by atoms with Gasteiger partial charge in [0.05, 0.1) is 0 Å². The molecule has 0 bridgehead atoms. The van der Waals surface area contributed by atoms with Crippen LogP contribution in [0.5, 0.6) is 5.19 Å². The first-order valence-electron chi connectivity index (χ1n) is 4.09. The van der Waals surface area contributed by atoms with Gasteiger partial charge in [0.25, 0.3) is 5.19 Å². The largest absolute Gasteiger partial charge is 0.464 e. The first-order valence-corrected chi connectivity index (χ1v) is 4.86. The molecule has 1 saturated heterocycles. The maximum atomic E-state index is 5.58. The van der Waals surface area contributed by atoms with Gasteiger partial charge in [0.15, 0.2) is 0 Å². The molecule has 66 valence electrons. The molecule has 4 nitrogen and oxygen atoms in total. The molecule has 1 fully saturated rings. The van der Waals surface area contributed by atoms with Gasteiger partial charge in [0, 0.05) is 18.1 Å². The lowest BCUT2D eigenvalue weighted by Gasteiger charge is -2.21. The number of aromatic nitrogens is 2. The fourth-order valence-electron chi connectivity index (χ4n) is 1.28. The topological polar surface area (TPSA) is 47.0 Å². The monoisotopic (exact) mass is 185 g/mol. The van der Waals surface area contributed by atoms with E-state index in [2.05, 4.69) is 14.7 Å². The third-order valence-electron chi connectivity index (χ3n) is 1.86. The highest BCUT2D eigenvalue weighted by atomic mass is 32.1. The van der Waals surface area contributed by atoms with E-state index in [0.29, 0.717) is 5.19 Å². The SMILES string of the molecule is c1nsc(O[C@H]2CCCNC2)n1. The van der Waals surface area contributed by atoms with E-state index in [9.17, 15) is 0 Å². The summed E-state index contributed by atoms with van der Waals surface area (Å²) in [7, 11) is 0. The lowest BCUT2D eigenvalue weighted by molar-refractivity contribution is 0.166. The number of hydrogen-bond acceptors (Lipinski definition) is 5. The molecule has 1 aliphatic heterocycles. The minimum absolute atomic E-state index is 0.284. The van der Waals surface area contributed by atoms with Crippen LogP contribution in [-0.2, 0) is 0 Å². The minimum atomic E-state index is 0.284. The Balaban J connectivity index is 1.86. The molecule has 0 aliphatic carbocycles. The summed E-state index contributed by atoms with van der Waals surface area (Å²) < 4.78 is 9.45.